The number of hydrazine groups is 1. The standard InChI is InChI=1S/C13H20N2O2/c1-13(2,3)10-5-6-11(17-4)9(7-10)8-12(16)15-14/h5-7H,8,14H2,1-4H3,(H,15,16). The van der Waals surface area contributed by atoms with Gasteiger partial charge in [0.05, 0.1) is 13.5 Å². The van der Waals surface area contributed by atoms with E-state index in [1.807, 2.05) is 18.2 Å². The fraction of sp³-hybridized carbons (Fsp3) is 0.462. The van der Waals surface area contributed by atoms with Crippen molar-refractivity contribution >= 4 is 5.91 Å². The Hall–Kier alpha value is -1.55. The lowest BCUT2D eigenvalue weighted by atomic mass is 9.85. The molecule has 0 bridgehead atoms. The van der Waals surface area contributed by atoms with Crippen LogP contribution in [0.3, 0.4) is 0 Å². The summed E-state index contributed by atoms with van der Waals surface area (Å²) >= 11 is 0. The van der Waals surface area contributed by atoms with E-state index < -0.39 is 0 Å². The number of amides is 1. The van der Waals surface area contributed by atoms with Crippen molar-refractivity contribution in [2.75, 3.05) is 7.11 Å². The van der Waals surface area contributed by atoms with Crippen molar-refractivity contribution in [3.63, 3.8) is 0 Å². The second kappa shape index (κ2) is 5.19. The molecule has 1 aromatic rings. The molecule has 17 heavy (non-hydrogen) atoms. The van der Waals surface area contributed by atoms with E-state index in [-0.39, 0.29) is 17.7 Å². The highest BCUT2D eigenvalue weighted by molar-refractivity contribution is 5.78. The summed E-state index contributed by atoms with van der Waals surface area (Å²) in [4.78, 5) is 11.3. The molecule has 0 radical (unpaired) electrons. The Kier molecular flexibility index (Phi) is 4.12. The normalized spacial score (nSPS) is 11.1. The monoisotopic (exact) mass is 236 g/mol. The maximum atomic E-state index is 11.3. The van der Waals surface area contributed by atoms with Gasteiger partial charge in [0.1, 0.15) is 5.75 Å². The van der Waals surface area contributed by atoms with Gasteiger partial charge in [-0.2, -0.15) is 0 Å². The van der Waals surface area contributed by atoms with Gasteiger partial charge in [-0.3, -0.25) is 10.2 Å². The van der Waals surface area contributed by atoms with Gasteiger partial charge in [-0.15, -0.1) is 0 Å². The maximum Gasteiger partial charge on any atom is 0.238 e. The number of carbonyl (C=O) groups is 1. The molecule has 0 heterocycles. The van der Waals surface area contributed by atoms with Crippen LogP contribution in [-0.2, 0) is 16.6 Å². The molecule has 0 aliphatic carbocycles. The number of hydrogen-bond donors (Lipinski definition) is 2. The first-order valence-electron chi connectivity index (χ1n) is 5.55. The Morgan fingerprint density at radius 3 is 2.53 bits per heavy atom. The minimum absolute atomic E-state index is 0.0419. The van der Waals surface area contributed by atoms with E-state index >= 15 is 0 Å². The van der Waals surface area contributed by atoms with Gasteiger partial charge < -0.3 is 4.74 Å². The van der Waals surface area contributed by atoms with Crippen molar-refractivity contribution < 1.29 is 9.53 Å². The summed E-state index contributed by atoms with van der Waals surface area (Å²) in [6.45, 7) is 6.38. The first-order chi connectivity index (χ1) is 7.88. The van der Waals surface area contributed by atoms with E-state index in [1.165, 1.54) is 0 Å². The molecule has 0 aliphatic rings. The SMILES string of the molecule is COc1ccc(C(C)(C)C)cc1CC(=O)NN. The van der Waals surface area contributed by atoms with E-state index in [9.17, 15) is 4.79 Å². The number of nitrogens with one attached hydrogen (secondary N) is 1. The third-order valence-electron chi connectivity index (χ3n) is 2.66. The molecule has 0 aliphatic heterocycles. The summed E-state index contributed by atoms with van der Waals surface area (Å²) in [5.74, 6) is 5.58. The number of ether oxygens (including phenoxy) is 1. The van der Waals surface area contributed by atoms with Crippen LogP contribution < -0.4 is 16.0 Å². The summed E-state index contributed by atoms with van der Waals surface area (Å²) in [5, 5.41) is 0. The molecule has 0 saturated heterocycles. The average Bonchev–Trinajstić information content (AvgIpc) is 2.27. The molecule has 0 fully saturated rings. The van der Waals surface area contributed by atoms with Gasteiger partial charge in [-0.25, -0.2) is 5.84 Å². The number of rotatable bonds is 3. The van der Waals surface area contributed by atoms with E-state index in [0.717, 1.165) is 11.1 Å². The molecule has 0 atom stereocenters. The second-order valence-electron chi connectivity index (χ2n) is 5.02. The van der Waals surface area contributed by atoms with E-state index in [1.54, 1.807) is 7.11 Å². The Bertz CT molecular complexity index is 408. The van der Waals surface area contributed by atoms with Gasteiger partial charge in [-0.1, -0.05) is 32.9 Å². The molecule has 0 spiro atoms. The smallest absolute Gasteiger partial charge is 0.238 e. The molecule has 0 unspecified atom stereocenters. The third-order valence-corrected chi connectivity index (χ3v) is 2.66. The van der Waals surface area contributed by atoms with E-state index in [0.29, 0.717) is 5.75 Å². The number of nitrogens with two attached hydrogens (primary N) is 1. The fourth-order valence-corrected chi connectivity index (χ4v) is 1.61. The zero-order chi connectivity index (χ0) is 13.1. The minimum atomic E-state index is -0.227. The number of benzene rings is 1. The summed E-state index contributed by atoms with van der Waals surface area (Å²) in [6, 6.07) is 5.90. The van der Waals surface area contributed by atoms with Gasteiger partial charge in [0.15, 0.2) is 0 Å². The first kappa shape index (κ1) is 13.5. The largest absolute Gasteiger partial charge is 0.496 e. The van der Waals surface area contributed by atoms with Crippen molar-refractivity contribution in [3.05, 3.63) is 29.3 Å². The van der Waals surface area contributed by atoms with Crippen LogP contribution in [-0.4, -0.2) is 13.0 Å². The highest BCUT2D eigenvalue weighted by atomic mass is 16.5. The van der Waals surface area contributed by atoms with Crippen LogP contribution in [0.4, 0.5) is 0 Å². The maximum absolute atomic E-state index is 11.3. The van der Waals surface area contributed by atoms with E-state index in [4.69, 9.17) is 10.6 Å². The van der Waals surface area contributed by atoms with Gasteiger partial charge in [0.25, 0.3) is 0 Å². The molecule has 4 nitrogen and oxygen atoms in total. The van der Waals surface area contributed by atoms with Crippen LogP contribution in [0, 0.1) is 0 Å². The van der Waals surface area contributed by atoms with Crippen LogP contribution in [0.1, 0.15) is 31.9 Å². The molecule has 1 rings (SSSR count). The topological polar surface area (TPSA) is 64.3 Å². The zero-order valence-corrected chi connectivity index (χ0v) is 10.8. The first-order valence-corrected chi connectivity index (χ1v) is 5.55. The number of methoxy groups -OCH3 is 1. The predicted octanol–water partition coefficient (Wildman–Crippen LogP) is 1.53. The molecular formula is C13H20N2O2. The molecule has 1 amide bonds. The Labute approximate surface area is 102 Å². The summed E-state index contributed by atoms with van der Waals surface area (Å²) in [7, 11) is 1.59. The van der Waals surface area contributed by atoms with Gasteiger partial charge in [0, 0.05) is 5.56 Å². The third kappa shape index (κ3) is 3.46. The van der Waals surface area contributed by atoms with Crippen molar-refractivity contribution in [2.24, 2.45) is 5.84 Å². The quantitative estimate of drug-likeness (QED) is 0.475. The highest BCUT2D eigenvalue weighted by Gasteiger charge is 2.16. The zero-order valence-electron chi connectivity index (χ0n) is 10.8. The highest BCUT2D eigenvalue weighted by Crippen LogP contribution is 2.28. The van der Waals surface area contributed by atoms with Crippen LogP contribution in [0.15, 0.2) is 18.2 Å². The van der Waals surface area contributed by atoms with Crippen molar-refractivity contribution in [1.82, 2.24) is 5.43 Å². The van der Waals surface area contributed by atoms with E-state index in [2.05, 4.69) is 26.2 Å². The second-order valence-corrected chi connectivity index (χ2v) is 5.02. The molecular weight excluding hydrogens is 216 g/mol. The number of hydrogen-bond acceptors (Lipinski definition) is 3. The summed E-state index contributed by atoms with van der Waals surface area (Å²) < 4.78 is 5.24. The molecule has 4 heteroatoms. The molecule has 3 N–H and O–H groups in total. The van der Waals surface area contributed by atoms with Crippen LogP contribution in [0.5, 0.6) is 5.75 Å². The van der Waals surface area contributed by atoms with Crippen molar-refractivity contribution in [3.8, 4) is 5.75 Å². The lowest BCUT2D eigenvalue weighted by Crippen LogP contribution is -2.31. The van der Waals surface area contributed by atoms with Crippen molar-refractivity contribution in [1.29, 1.82) is 0 Å². The lowest BCUT2D eigenvalue weighted by molar-refractivity contribution is -0.120. The average molecular weight is 236 g/mol. The molecule has 1 aromatic carbocycles. The van der Waals surface area contributed by atoms with Gasteiger partial charge in [0.2, 0.25) is 5.91 Å². The van der Waals surface area contributed by atoms with Crippen LogP contribution >= 0.6 is 0 Å². The minimum Gasteiger partial charge on any atom is -0.496 e. The van der Waals surface area contributed by atoms with Crippen molar-refractivity contribution in [2.45, 2.75) is 32.6 Å². The predicted molar refractivity (Wildman–Crippen MR) is 67.7 cm³/mol. The lowest BCUT2D eigenvalue weighted by Gasteiger charge is -2.21. The summed E-state index contributed by atoms with van der Waals surface area (Å²) in [5.41, 5.74) is 4.19. The number of carbonyl (C=O) groups excluding carboxylic acids is 1. The molecule has 0 saturated carbocycles. The fourth-order valence-electron chi connectivity index (χ4n) is 1.61. The Balaban J connectivity index is 3.11. The Morgan fingerprint density at radius 1 is 1.41 bits per heavy atom. The van der Waals surface area contributed by atoms with Gasteiger partial charge >= 0.3 is 0 Å². The molecule has 0 aromatic heterocycles. The molecule has 94 valence electrons. The Morgan fingerprint density at radius 2 is 2.06 bits per heavy atom. The van der Waals surface area contributed by atoms with Crippen LogP contribution in [0.2, 0.25) is 0 Å². The van der Waals surface area contributed by atoms with Gasteiger partial charge in [-0.05, 0) is 17.0 Å². The summed E-state index contributed by atoms with van der Waals surface area (Å²) in [6.07, 6.45) is 0.226. The van der Waals surface area contributed by atoms with Crippen LogP contribution in [0.25, 0.3) is 0 Å².